The number of carbonyl (C=O) groups excluding carboxylic acids is 1. The van der Waals surface area contributed by atoms with Crippen LogP contribution in [0.2, 0.25) is 0 Å². The van der Waals surface area contributed by atoms with Crippen LogP contribution in [0, 0.1) is 29.1 Å². The number of hydrogen-bond donors (Lipinski definition) is 0. The first kappa shape index (κ1) is 19.6. The molecule has 4 aliphatic carbocycles. The summed E-state index contributed by atoms with van der Waals surface area (Å²) in [5.41, 5.74) is 5.24. The molecule has 4 aliphatic rings. The van der Waals surface area contributed by atoms with Crippen LogP contribution in [0.5, 0.6) is 0 Å². The molecule has 0 spiro atoms. The summed E-state index contributed by atoms with van der Waals surface area (Å²) >= 11 is 0. The van der Waals surface area contributed by atoms with Crippen LogP contribution < -0.4 is 0 Å². The predicted octanol–water partition coefficient (Wildman–Crippen LogP) is 6.63. The lowest BCUT2D eigenvalue weighted by atomic mass is 9.47. The van der Waals surface area contributed by atoms with Crippen molar-refractivity contribution in [2.45, 2.75) is 43.9 Å². The normalized spacial score (nSPS) is 27.9. The Morgan fingerprint density at radius 3 is 2.12 bits per heavy atom. The molecule has 0 N–H and O–H groups in total. The van der Waals surface area contributed by atoms with Crippen molar-refractivity contribution in [3.05, 3.63) is 71.3 Å². The highest BCUT2D eigenvalue weighted by Gasteiger charge is 2.52. The van der Waals surface area contributed by atoms with E-state index < -0.39 is 0 Å². The van der Waals surface area contributed by atoms with Crippen LogP contribution in [0.3, 0.4) is 0 Å². The fraction of sp³-hybridized carbons (Fsp3) is 0.379. The van der Waals surface area contributed by atoms with E-state index in [0.717, 1.165) is 39.7 Å². The van der Waals surface area contributed by atoms with Crippen molar-refractivity contribution in [3.8, 4) is 17.2 Å². The number of esters is 1. The summed E-state index contributed by atoms with van der Waals surface area (Å²) in [6.45, 7) is 0. The molecule has 3 nitrogen and oxygen atoms in total. The van der Waals surface area contributed by atoms with Gasteiger partial charge in [0.1, 0.15) is 0 Å². The molecule has 3 heteroatoms. The van der Waals surface area contributed by atoms with E-state index >= 15 is 0 Å². The standard InChI is InChI=1S/C29H27NO2/c1-32-28(31)25-6-4-21-11-22(2-3-23(21)12-25)24-5-7-26(17-30)27(13-24)29-14-18-8-19(15-29)10-20(9-18)16-29/h2-7,11-13,18-20H,8-10,14-16H2,1H3. The first-order valence-corrected chi connectivity index (χ1v) is 11.7. The Kier molecular flexibility index (Phi) is 4.40. The van der Waals surface area contributed by atoms with Crippen LogP contribution in [0.4, 0.5) is 0 Å². The van der Waals surface area contributed by atoms with Gasteiger partial charge in [-0.3, -0.25) is 0 Å². The number of carbonyl (C=O) groups is 1. The highest BCUT2D eigenvalue weighted by molar-refractivity contribution is 5.96. The van der Waals surface area contributed by atoms with Crippen LogP contribution in [-0.2, 0) is 10.2 Å². The molecule has 0 radical (unpaired) electrons. The monoisotopic (exact) mass is 421 g/mol. The quantitative estimate of drug-likeness (QED) is 0.446. The Morgan fingerprint density at radius 1 is 0.875 bits per heavy atom. The predicted molar refractivity (Wildman–Crippen MR) is 125 cm³/mol. The van der Waals surface area contributed by atoms with Gasteiger partial charge in [0.15, 0.2) is 0 Å². The largest absolute Gasteiger partial charge is 0.465 e. The molecule has 0 amide bonds. The third kappa shape index (κ3) is 3.05. The fourth-order valence-electron chi connectivity index (χ4n) is 7.37. The molecule has 3 aromatic carbocycles. The summed E-state index contributed by atoms with van der Waals surface area (Å²) in [5.74, 6) is 2.23. The fourth-order valence-corrected chi connectivity index (χ4v) is 7.37. The first-order valence-electron chi connectivity index (χ1n) is 11.7. The van der Waals surface area contributed by atoms with Crippen LogP contribution in [0.25, 0.3) is 21.9 Å². The summed E-state index contributed by atoms with van der Waals surface area (Å²) < 4.78 is 4.85. The minimum Gasteiger partial charge on any atom is -0.465 e. The number of hydrogen-bond acceptors (Lipinski definition) is 3. The maximum atomic E-state index is 11.9. The van der Waals surface area contributed by atoms with Crippen molar-refractivity contribution < 1.29 is 9.53 Å². The van der Waals surface area contributed by atoms with E-state index in [4.69, 9.17) is 4.74 Å². The second-order valence-electron chi connectivity index (χ2n) is 10.3. The van der Waals surface area contributed by atoms with Crippen LogP contribution >= 0.6 is 0 Å². The number of fused-ring (bicyclic) bond motifs is 1. The zero-order chi connectivity index (χ0) is 21.9. The minimum atomic E-state index is -0.316. The lowest BCUT2D eigenvalue weighted by molar-refractivity contribution is -0.00528. The van der Waals surface area contributed by atoms with Crippen molar-refractivity contribution in [1.29, 1.82) is 5.26 Å². The molecule has 4 bridgehead atoms. The highest BCUT2D eigenvalue weighted by atomic mass is 16.5. The molecule has 0 aliphatic heterocycles. The van der Waals surface area contributed by atoms with Crippen molar-refractivity contribution in [2.75, 3.05) is 7.11 Å². The van der Waals surface area contributed by atoms with Gasteiger partial charge in [0.25, 0.3) is 0 Å². The van der Waals surface area contributed by atoms with Gasteiger partial charge in [-0.2, -0.15) is 5.26 Å². The molecule has 160 valence electrons. The lowest BCUT2D eigenvalue weighted by Crippen LogP contribution is -2.48. The Bertz CT molecular complexity index is 1250. The molecule has 7 rings (SSSR count). The zero-order valence-corrected chi connectivity index (χ0v) is 18.4. The van der Waals surface area contributed by atoms with E-state index in [1.54, 1.807) is 0 Å². The van der Waals surface area contributed by atoms with Gasteiger partial charge in [-0.1, -0.05) is 24.3 Å². The smallest absolute Gasteiger partial charge is 0.337 e. The van der Waals surface area contributed by atoms with Crippen molar-refractivity contribution in [2.24, 2.45) is 17.8 Å². The van der Waals surface area contributed by atoms with Crippen LogP contribution in [-0.4, -0.2) is 13.1 Å². The van der Waals surface area contributed by atoms with E-state index in [0.29, 0.717) is 5.56 Å². The molecule has 0 unspecified atom stereocenters. The number of benzene rings is 3. The number of nitriles is 1. The molecule has 3 aromatic rings. The molecule has 0 heterocycles. The Balaban J connectivity index is 1.42. The number of nitrogens with zero attached hydrogens (tertiary/aromatic N) is 1. The van der Waals surface area contributed by atoms with Crippen molar-refractivity contribution in [3.63, 3.8) is 0 Å². The van der Waals surface area contributed by atoms with Crippen molar-refractivity contribution >= 4 is 16.7 Å². The summed E-state index contributed by atoms with van der Waals surface area (Å²) in [7, 11) is 1.40. The second kappa shape index (κ2) is 7.20. The maximum absolute atomic E-state index is 11.9. The topological polar surface area (TPSA) is 50.1 Å². The van der Waals surface area contributed by atoms with Crippen LogP contribution in [0.15, 0.2) is 54.6 Å². The maximum Gasteiger partial charge on any atom is 0.337 e. The number of methoxy groups -OCH3 is 1. The summed E-state index contributed by atoms with van der Waals surface area (Å²) in [6.07, 6.45) is 7.97. The molecular formula is C29H27NO2. The van der Waals surface area contributed by atoms with Gasteiger partial charge in [0.2, 0.25) is 0 Å². The Morgan fingerprint density at radius 2 is 1.47 bits per heavy atom. The van der Waals surface area contributed by atoms with Gasteiger partial charge in [0, 0.05) is 0 Å². The lowest BCUT2D eigenvalue weighted by Gasteiger charge is -2.57. The average molecular weight is 422 g/mol. The summed E-state index contributed by atoms with van der Waals surface area (Å²) in [6, 6.07) is 21.0. The van der Waals surface area contributed by atoms with E-state index in [1.807, 2.05) is 24.3 Å². The van der Waals surface area contributed by atoms with E-state index in [2.05, 4.69) is 36.4 Å². The van der Waals surface area contributed by atoms with Gasteiger partial charge in [-0.15, -0.1) is 0 Å². The molecular weight excluding hydrogens is 394 g/mol. The molecule has 0 saturated heterocycles. The summed E-state index contributed by atoms with van der Waals surface area (Å²) in [4.78, 5) is 11.9. The Hall–Kier alpha value is -3.12. The third-order valence-corrected chi connectivity index (χ3v) is 8.34. The number of rotatable bonds is 3. The third-order valence-electron chi connectivity index (χ3n) is 8.34. The minimum absolute atomic E-state index is 0.197. The SMILES string of the molecule is COC(=O)c1ccc2cc(-c3ccc(C#N)c(C45CC6CC(CC(C6)C4)C5)c3)ccc2c1. The number of ether oxygens (including phenoxy) is 1. The summed E-state index contributed by atoms with van der Waals surface area (Å²) in [5, 5.41) is 12.0. The van der Waals surface area contributed by atoms with E-state index in [1.165, 1.54) is 56.8 Å². The van der Waals surface area contributed by atoms with Crippen LogP contribution in [0.1, 0.15) is 60.0 Å². The average Bonchev–Trinajstić information content (AvgIpc) is 2.81. The first-order chi connectivity index (χ1) is 15.6. The van der Waals surface area contributed by atoms with E-state index in [-0.39, 0.29) is 11.4 Å². The van der Waals surface area contributed by atoms with Gasteiger partial charge >= 0.3 is 5.97 Å². The molecule has 0 atom stereocenters. The van der Waals surface area contributed by atoms with E-state index in [9.17, 15) is 10.1 Å². The zero-order valence-electron chi connectivity index (χ0n) is 18.4. The van der Waals surface area contributed by atoms with Gasteiger partial charge in [0.05, 0.1) is 24.3 Å². The highest BCUT2D eigenvalue weighted by Crippen LogP contribution is 2.61. The Labute approximate surface area is 189 Å². The van der Waals surface area contributed by atoms with Gasteiger partial charge < -0.3 is 4.74 Å². The second-order valence-corrected chi connectivity index (χ2v) is 10.3. The molecule has 32 heavy (non-hydrogen) atoms. The van der Waals surface area contributed by atoms with Crippen molar-refractivity contribution in [1.82, 2.24) is 0 Å². The molecule has 4 saturated carbocycles. The van der Waals surface area contributed by atoms with Gasteiger partial charge in [-0.25, -0.2) is 4.79 Å². The molecule has 4 fully saturated rings. The van der Waals surface area contributed by atoms with Gasteiger partial charge in [-0.05, 0) is 119 Å². The molecule has 0 aromatic heterocycles.